The van der Waals surface area contributed by atoms with Crippen molar-refractivity contribution in [3.05, 3.63) is 58.6 Å². The molecule has 0 unspecified atom stereocenters. The number of methoxy groups -OCH3 is 1. The summed E-state index contributed by atoms with van der Waals surface area (Å²) in [6.07, 6.45) is 1.56. The number of ether oxygens (including phenoxy) is 1. The molecule has 6 nitrogen and oxygen atoms in total. The van der Waals surface area contributed by atoms with Gasteiger partial charge < -0.3 is 9.84 Å². The lowest BCUT2D eigenvalue weighted by Gasteiger charge is -2.04. The molecule has 0 aliphatic heterocycles. The molecule has 3 aromatic rings. The van der Waals surface area contributed by atoms with Crippen LogP contribution in [0.15, 0.2) is 47.6 Å². The van der Waals surface area contributed by atoms with E-state index in [2.05, 4.69) is 15.3 Å². The molecule has 0 atom stereocenters. The number of hydrogen-bond donors (Lipinski definition) is 2. The minimum Gasteiger partial charge on any atom is -0.504 e. The van der Waals surface area contributed by atoms with E-state index in [1.54, 1.807) is 30.5 Å². The van der Waals surface area contributed by atoms with Gasteiger partial charge in [-0.3, -0.25) is 0 Å². The van der Waals surface area contributed by atoms with Gasteiger partial charge >= 0.3 is 0 Å². The normalized spacial score (nSPS) is 11.1. The highest BCUT2D eigenvalue weighted by molar-refractivity contribution is 7.71. The molecule has 0 fully saturated rings. The number of phenols is 1. The highest BCUT2D eigenvalue weighted by Crippen LogP contribution is 2.25. The van der Waals surface area contributed by atoms with Gasteiger partial charge in [0.15, 0.2) is 17.3 Å². The fourth-order valence-corrected chi connectivity index (χ4v) is 2.26. The summed E-state index contributed by atoms with van der Waals surface area (Å²) in [5.74, 6) is 0.510. The molecule has 24 heavy (non-hydrogen) atoms. The van der Waals surface area contributed by atoms with Crippen LogP contribution in [0.2, 0.25) is 0 Å². The van der Waals surface area contributed by atoms with Crippen molar-refractivity contribution in [3.63, 3.8) is 0 Å². The molecule has 8 heteroatoms. The van der Waals surface area contributed by atoms with Crippen molar-refractivity contribution in [1.82, 2.24) is 14.9 Å². The number of halogens is 1. The monoisotopic (exact) mass is 344 g/mol. The van der Waals surface area contributed by atoms with E-state index in [1.807, 2.05) is 0 Å². The van der Waals surface area contributed by atoms with Gasteiger partial charge in [0.1, 0.15) is 5.82 Å². The number of aromatic amines is 1. The van der Waals surface area contributed by atoms with Gasteiger partial charge in [0.2, 0.25) is 4.77 Å². The smallest absolute Gasteiger partial charge is 0.216 e. The molecule has 1 heterocycles. The Balaban J connectivity index is 1.97. The maximum absolute atomic E-state index is 13.1. The van der Waals surface area contributed by atoms with E-state index >= 15 is 0 Å². The third kappa shape index (κ3) is 3.18. The van der Waals surface area contributed by atoms with Crippen LogP contribution in [-0.4, -0.2) is 33.3 Å². The zero-order chi connectivity index (χ0) is 17.1. The maximum atomic E-state index is 13.1. The van der Waals surface area contributed by atoms with Crippen molar-refractivity contribution >= 4 is 18.4 Å². The first-order valence-electron chi connectivity index (χ1n) is 6.93. The molecule has 0 bridgehead atoms. The van der Waals surface area contributed by atoms with E-state index in [-0.39, 0.29) is 11.6 Å². The zero-order valence-corrected chi connectivity index (χ0v) is 13.4. The Hall–Kier alpha value is -3.00. The summed E-state index contributed by atoms with van der Waals surface area (Å²) in [7, 11) is 1.47. The van der Waals surface area contributed by atoms with Crippen LogP contribution in [-0.2, 0) is 0 Å². The number of rotatable bonds is 4. The minimum absolute atomic E-state index is 0.0431. The lowest BCUT2D eigenvalue weighted by Crippen LogP contribution is -1.95. The molecule has 0 saturated carbocycles. The van der Waals surface area contributed by atoms with E-state index in [4.69, 9.17) is 17.0 Å². The van der Waals surface area contributed by atoms with Crippen molar-refractivity contribution in [2.75, 3.05) is 7.11 Å². The molecule has 0 radical (unpaired) electrons. The molecular weight excluding hydrogens is 331 g/mol. The van der Waals surface area contributed by atoms with Gasteiger partial charge in [-0.05, 0) is 60.2 Å². The molecule has 122 valence electrons. The predicted molar refractivity (Wildman–Crippen MR) is 90.5 cm³/mol. The summed E-state index contributed by atoms with van der Waals surface area (Å²) < 4.78 is 19.9. The minimum atomic E-state index is -0.334. The van der Waals surface area contributed by atoms with Gasteiger partial charge in [-0.2, -0.15) is 14.9 Å². The molecule has 0 aliphatic carbocycles. The van der Waals surface area contributed by atoms with Crippen LogP contribution in [0.3, 0.4) is 0 Å². The number of nitrogens with one attached hydrogen (secondary N) is 1. The molecule has 3 rings (SSSR count). The van der Waals surface area contributed by atoms with Crippen LogP contribution >= 0.6 is 12.2 Å². The summed E-state index contributed by atoms with van der Waals surface area (Å²) in [4.78, 5) is 0. The van der Waals surface area contributed by atoms with Gasteiger partial charge in [-0.25, -0.2) is 9.49 Å². The van der Waals surface area contributed by atoms with E-state index < -0.39 is 0 Å². The van der Waals surface area contributed by atoms with Crippen molar-refractivity contribution in [1.29, 1.82) is 0 Å². The van der Waals surface area contributed by atoms with Gasteiger partial charge in [-0.1, -0.05) is 0 Å². The largest absolute Gasteiger partial charge is 0.504 e. The molecule has 0 amide bonds. The Kier molecular flexibility index (Phi) is 4.39. The number of benzene rings is 2. The molecule has 0 aliphatic rings. The zero-order valence-electron chi connectivity index (χ0n) is 12.6. The second-order valence-corrected chi connectivity index (χ2v) is 5.23. The first-order valence-corrected chi connectivity index (χ1v) is 7.34. The van der Waals surface area contributed by atoms with Crippen LogP contribution in [0.1, 0.15) is 5.56 Å². The standard InChI is InChI=1S/C16H13FN4O2S/c1-23-14-8-10(2-7-13(14)22)9-18-21-15(19-20-16(21)24)11-3-5-12(17)6-4-11/h2-9,22H,1H3,(H,20,24)/b18-9-. The average molecular weight is 344 g/mol. The van der Waals surface area contributed by atoms with Gasteiger partial charge in [0.05, 0.1) is 13.3 Å². The number of nitrogens with zero attached hydrogens (tertiary/aromatic N) is 3. The molecule has 2 aromatic carbocycles. The fraction of sp³-hybridized carbons (Fsp3) is 0.0625. The van der Waals surface area contributed by atoms with E-state index in [0.717, 1.165) is 0 Å². The SMILES string of the molecule is COc1cc(/C=N\n2c(-c3ccc(F)cc3)n[nH]c2=S)ccc1O. The van der Waals surface area contributed by atoms with E-state index in [1.165, 1.54) is 30.0 Å². The van der Waals surface area contributed by atoms with Crippen LogP contribution in [0.5, 0.6) is 11.5 Å². The van der Waals surface area contributed by atoms with Crippen molar-refractivity contribution < 1.29 is 14.2 Å². The lowest BCUT2D eigenvalue weighted by atomic mass is 10.2. The Morgan fingerprint density at radius 1 is 1.29 bits per heavy atom. The van der Waals surface area contributed by atoms with Gasteiger partial charge in [-0.15, -0.1) is 0 Å². The predicted octanol–water partition coefficient (Wildman–Crippen LogP) is 3.34. The first-order chi connectivity index (χ1) is 11.6. The van der Waals surface area contributed by atoms with Crippen molar-refractivity contribution in [2.45, 2.75) is 0 Å². The van der Waals surface area contributed by atoms with Crippen LogP contribution in [0.25, 0.3) is 11.4 Å². The van der Waals surface area contributed by atoms with Crippen molar-refractivity contribution in [3.8, 4) is 22.9 Å². The van der Waals surface area contributed by atoms with Gasteiger partial charge in [0, 0.05) is 5.56 Å². The van der Waals surface area contributed by atoms with Crippen LogP contribution in [0, 0.1) is 10.6 Å². The summed E-state index contributed by atoms with van der Waals surface area (Å²) in [5.41, 5.74) is 1.38. The third-order valence-corrected chi connectivity index (χ3v) is 3.54. The number of aromatic hydroxyl groups is 1. The summed E-state index contributed by atoms with van der Waals surface area (Å²) >= 11 is 5.18. The molecule has 0 saturated heterocycles. The molecular formula is C16H13FN4O2S. The van der Waals surface area contributed by atoms with E-state index in [0.29, 0.717) is 27.5 Å². The highest BCUT2D eigenvalue weighted by Gasteiger charge is 2.08. The van der Waals surface area contributed by atoms with Crippen LogP contribution in [0.4, 0.5) is 4.39 Å². The molecule has 0 spiro atoms. The number of aromatic nitrogens is 3. The topological polar surface area (TPSA) is 75.4 Å². The fourth-order valence-electron chi connectivity index (χ4n) is 2.08. The molecule has 1 aromatic heterocycles. The number of hydrogen-bond acceptors (Lipinski definition) is 5. The second-order valence-electron chi connectivity index (χ2n) is 4.85. The quantitative estimate of drug-likeness (QED) is 0.562. The second kappa shape index (κ2) is 6.63. The Labute approximate surface area is 141 Å². The summed E-state index contributed by atoms with van der Waals surface area (Å²) in [6, 6.07) is 10.7. The lowest BCUT2D eigenvalue weighted by molar-refractivity contribution is 0.373. The summed E-state index contributed by atoms with van der Waals surface area (Å²) in [6.45, 7) is 0. The average Bonchev–Trinajstić information content (AvgIpc) is 2.95. The van der Waals surface area contributed by atoms with Gasteiger partial charge in [0.25, 0.3) is 0 Å². The first kappa shape index (κ1) is 15.9. The van der Waals surface area contributed by atoms with E-state index in [9.17, 15) is 9.50 Å². The highest BCUT2D eigenvalue weighted by atomic mass is 32.1. The number of H-pyrrole nitrogens is 1. The molecule has 2 N–H and O–H groups in total. The Bertz CT molecular complexity index is 947. The third-order valence-electron chi connectivity index (χ3n) is 3.28. The van der Waals surface area contributed by atoms with Crippen LogP contribution < -0.4 is 4.74 Å². The Morgan fingerprint density at radius 3 is 2.75 bits per heavy atom. The summed E-state index contributed by atoms with van der Waals surface area (Å²) in [5, 5.41) is 20.7. The number of phenolic OH excluding ortho intramolecular Hbond substituents is 1. The Morgan fingerprint density at radius 2 is 2.04 bits per heavy atom. The maximum Gasteiger partial charge on any atom is 0.216 e. The van der Waals surface area contributed by atoms with Crippen molar-refractivity contribution in [2.24, 2.45) is 5.10 Å².